The van der Waals surface area contributed by atoms with E-state index in [0.717, 1.165) is 16.0 Å². The SMILES string of the molecule is N#CCCN(CCC(F)(F)C(F)(F)F)n1cnnc1N=Nc1ccccc1. The third-order valence-corrected chi connectivity index (χ3v) is 3.41. The molecule has 0 radical (unpaired) electrons. The maximum absolute atomic E-state index is 13.2. The van der Waals surface area contributed by atoms with Crippen molar-refractivity contribution < 1.29 is 22.0 Å². The van der Waals surface area contributed by atoms with Gasteiger partial charge in [-0.2, -0.15) is 27.2 Å². The van der Waals surface area contributed by atoms with Gasteiger partial charge in [-0.25, -0.2) is 4.68 Å². The van der Waals surface area contributed by atoms with Crippen LogP contribution in [0.25, 0.3) is 0 Å². The van der Waals surface area contributed by atoms with Crippen LogP contribution in [-0.2, 0) is 0 Å². The van der Waals surface area contributed by atoms with Gasteiger partial charge < -0.3 is 5.01 Å². The van der Waals surface area contributed by atoms with Crippen molar-refractivity contribution in [2.75, 3.05) is 18.1 Å². The summed E-state index contributed by atoms with van der Waals surface area (Å²) in [6.45, 7) is -0.809. The van der Waals surface area contributed by atoms with E-state index in [1.54, 1.807) is 36.4 Å². The van der Waals surface area contributed by atoms with Crippen molar-refractivity contribution in [2.24, 2.45) is 10.2 Å². The summed E-state index contributed by atoms with van der Waals surface area (Å²) in [4.78, 5) is 0. The number of hydrogen-bond acceptors (Lipinski definition) is 6. The zero-order valence-electron chi connectivity index (χ0n) is 13.8. The molecule has 0 atom stereocenters. The van der Waals surface area contributed by atoms with Gasteiger partial charge >= 0.3 is 12.1 Å². The molecule has 27 heavy (non-hydrogen) atoms. The second-order valence-electron chi connectivity index (χ2n) is 5.33. The van der Waals surface area contributed by atoms with Crippen LogP contribution in [-0.4, -0.2) is 40.1 Å². The van der Waals surface area contributed by atoms with Crippen molar-refractivity contribution >= 4 is 11.6 Å². The van der Waals surface area contributed by atoms with Gasteiger partial charge in [-0.1, -0.05) is 18.2 Å². The quantitative estimate of drug-likeness (QED) is 0.504. The van der Waals surface area contributed by atoms with Crippen LogP contribution in [0.1, 0.15) is 12.8 Å². The maximum Gasteiger partial charge on any atom is 0.453 e. The van der Waals surface area contributed by atoms with Crippen molar-refractivity contribution in [1.82, 2.24) is 14.9 Å². The Balaban J connectivity index is 2.19. The van der Waals surface area contributed by atoms with Crippen LogP contribution in [0.4, 0.5) is 33.6 Å². The third-order valence-electron chi connectivity index (χ3n) is 3.41. The van der Waals surface area contributed by atoms with Crippen LogP contribution in [0.2, 0.25) is 0 Å². The molecule has 2 rings (SSSR count). The molecule has 0 aliphatic rings. The van der Waals surface area contributed by atoms with Crippen LogP contribution in [0.15, 0.2) is 46.9 Å². The van der Waals surface area contributed by atoms with Crippen molar-refractivity contribution in [2.45, 2.75) is 24.9 Å². The Hall–Kier alpha value is -3.10. The van der Waals surface area contributed by atoms with E-state index >= 15 is 0 Å². The van der Waals surface area contributed by atoms with Crippen molar-refractivity contribution in [3.8, 4) is 6.07 Å². The average molecular weight is 387 g/mol. The first-order valence-corrected chi connectivity index (χ1v) is 7.68. The minimum atomic E-state index is -5.66. The molecule has 0 unspecified atom stereocenters. The molecular weight excluding hydrogens is 373 g/mol. The summed E-state index contributed by atoms with van der Waals surface area (Å²) in [5, 5.41) is 24.8. The predicted octanol–water partition coefficient (Wildman–Crippen LogP) is 4.13. The summed E-state index contributed by atoms with van der Waals surface area (Å²) in [7, 11) is 0. The van der Waals surface area contributed by atoms with Crippen molar-refractivity contribution in [3.05, 3.63) is 36.7 Å². The van der Waals surface area contributed by atoms with E-state index in [2.05, 4.69) is 20.4 Å². The molecule has 0 saturated carbocycles. The molecule has 12 heteroatoms. The molecule has 0 spiro atoms. The fourth-order valence-electron chi connectivity index (χ4n) is 2.00. The molecule has 0 saturated heterocycles. The summed E-state index contributed by atoms with van der Waals surface area (Å²) >= 11 is 0. The third kappa shape index (κ3) is 5.44. The molecule has 144 valence electrons. The minimum absolute atomic E-state index is 0.106. The number of benzene rings is 1. The first-order chi connectivity index (χ1) is 12.7. The second kappa shape index (κ2) is 8.52. The van der Waals surface area contributed by atoms with Gasteiger partial charge in [-0.05, 0) is 12.1 Å². The van der Waals surface area contributed by atoms with E-state index in [0.29, 0.717) is 5.69 Å². The molecule has 0 aliphatic carbocycles. The van der Waals surface area contributed by atoms with Crippen LogP contribution >= 0.6 is 0 Å². The molecule has 0 bridgehead atoms. The van der Waals surface area contributed by atoms with Gasteiger partial charge in [-0.15, -0.1) is 20.4 Å². The van der Waals surface area contributed by atoms with Gasteiger partial charge in [0.1, 0.15) is 6.33 Å². The van der Waals surface area contributed by atoms with E-state index in [9.17, 15) is 22.0 Å². The monoisotopic (exact) mass is 387 g/mol. The highest BCUT2D eigenvalue weighted by atomic mass is 19.4. The standard InChI is InChI=1S/C15H14F5N7/c16-14(17,15(18,19)20)7-10-26(9-4-8-21)27-11-22-24-13(27)25-23-12-5-2-1-3-6-12/h1-3,5-6,11H,4,7,9-10H2. The largest absolute Gasteiger partial charge is 0.453 e. The van der Waals surface area contributed by atoms with Crippen molar-refractivity contribution in [3.63, 3.8) is 0 Å². The van der Waals surface area contributed by atoms with Gasteiger partial charge in [0, 0.05) is 19.5 Å². The molecule has 2 aromatic rings. The lowest BCUT2D eigenvalue weighted by Crippen LogP contribution is -2.43. The summed E-state index contributed by atoms with van der Waals surface area (Å²) in [6, 6.07) is 10.3. The normalized spacial score (nSPS) is 12.3. The van der Waals surface area contributed by atoms with Crippen LogP contribution in [0.3, 0.4) is 0 Å². The highest BCUT2D eigenvalue weighted by Crippen LogP contribution is 2.38. The number of alkyl halides is 5. The van der Waals surface area contributed by atoms with Crippen LogP contribution in [0.5, 0.6) is 0 Å². The Kier molecular flexibility index (Phi) is 6.38. The summed E-state index contributed by atoms with van der Waals surface area (Å²) in [5.74, 6) is -4.98. The van der Waals surface area contributed by atoms with Gasteiger partial charge in [0.2, 0.25) is 0 Å². The van der Waals surface area contributed by atoms with Gasteiger partial charge in [0.15, 0.2) is 0 Å². The lowest BCUT2D eigenvalue weighted by Gasteiger charge is -2.27. The van der Waals surface area contributed by atoms with E-state index in [1.807, 2.05) is 0 Å². The van der Waals surface area contributed by atoms with E-state index < -0.39 is 25.1 Å². The zero-order valence-corrected chi connectivity index (χ0v) is 13.8. The molecule has 0 amide bonds. The Bertz CT molecular complexity index is 795. The lowest BCUT2D eigenvalue weighted by atomic mass is 10.2. The highest BCUT2D eigenvalue weighted by molar-refractivity contribution is 5.35. The Morgan fingerprint density at radius 1 is 1.07 bits per heavy atom. The molecule has 1 heterocycles. The number of nitriles is 1. The molecule has 1 aromatic carbocycles. The molecule has 0 fully saturated rings. The molecular formula is C15H14F5N7. The number of nitrogens with zero attached hydrogens (tertiary/aromatic N) is 7. The number of azo groups is 1. The van der Waals surface area contributed by atoms with Crippen LogP contribution < -0.4 is 5.01 Å². The van der Waals surface area contributed by atoms with Gasteiger partial charge in [0.05, 0.1) is 18.2 Å². The summed E-state index contributed by atoms with van der Waals surface area (Å²) < 4.78 is 64.7. The molecule has 0 N–H and O–H groups in total. The minimum Gasteiger partial charge on any atom is -0.307 e. The van der Waals surface area contributed by atoms with Crippen molar-refractivity contribution in [1.29, 1.82) is 5.26 Å². The average Bonchev–Trinajstić information content (AvgIpc) is 3.08. The predicted molar refractivity (Wildman–Crippen MR) is 84.4 cm³/mol. The lowest BCUT2D eigenvalue weighted by molar-refractivity contribution is -0.283. The highest BCUT2D eigenvalue weighted by Gasteiger charge is 2.56. The van der Waals surface area contributed by atoms with Gasteiger partial charge in [0.25, 0.3) is 5.95 Å². The summed E-state index contributed by atoms with van der Waals surface area (Å²) in [5.41, 5.74) is 0.485. The van der Waals surface area contributed by atoms with Gasteiger partial charge in [-0.3, -0.25) is 0 Å². The van der Waals surface area contributed by atoms with E-state index in [-0.39, 0.29) is 18.9 Å². The molecule has 1 aromatic heterocycles. The Labute approximate surface area is 150 Å². The fourth-order valence-corrected chi connectivity index (χ4v) is 2.00. The topological polar surface area (TPSA) is 82.5 Å². The number of hydrogen-bond donors (Lipinski definition) is 0. The Morgan fingerprint density at radius 3 is 2.41 bits per heavy atom. The first-order valence-electron chi connectivity index (χ1n) is 7.68. The number of aromatic nitrogens is 3. The first kappa shape index (κ1) is 20.2. The Morgan fingerprint density at radius 2 is 1.78 bits per heavy atom. The van der Waals surface area contributed by atoms with E-state index in [1.165, 1.54) is 0 Å². The smallest absolute Gasteiger partial charge is 0.307 e. The van der Waals surface area contributed by atoms with Crippen LogP contribution in [0, 0.1) is 11.3 Å². The molecule has 0 aliphatic heterocycles. The zero-order chi connectivity index (χ0) is 19.9. The fraction of sp³-hybridized carbons (Fsp3) is 0.400. The number of halogens is 5. The summed E-state index contributed by atoms with van der Waals surface area (Å²) in [6.07, 6.45) is -6.15. The maximum atomic E-state index is 13.2. The van der Waals surface area contributed by atoms with E-state index in [4.69, 9.17) is 5.26 Å². The molecule has 7 nitrogen and oxygen atoms in total. The number of rotatable bonds is 8. The second-order valence-corrected chi connectivity index (χ2v) is 5.33.